The molecular weight excluding hydrogens is 458 g/mol. The van der Waals surface area contributed by atoms with Gasteiger partial charge in [0, 0.05) is 55.6 Å². The molecule has 186 valence electrons. The van der Waals surface area contributed by atoms with Crippen LogP contribution in [0.25, 0.3) is 11.7 Å². The van der Waals surface area contributed by atoms with Crippen LogP contribution in [0.15, 0.2) is 36.0 Å². The minimum absolute atomic E-state index is 0.0592. The molecule has 6 rings (SSSR count). The second-order valence-corrected chi connectivity index (χ2v) is 9.66. The average molecular weight is 488 g/mol. The molecule has 11 nitrogen and oxygen atoms in total. The van der Waals surface area contributed by atoms with Crippen LogP contribution in [0.3, 0.4) is 0 Å². The van der Waals surface area contributed by atoms with E-state index in [0.29, 0.717) is 41.3 Å². The number of fused-ring (bicyclic) bond motifs is 1. The van der Waals surface area contributed by atoms with Crippen LogP contribution in [0.4, 0.5) is 17.6 Å². The number of piperazine rings is 1. The molecule has 0 radical (unpaired) electrons. The summed E-state index contributed by atoms with van der Waals surface area (Å²) in [5.74, 6) is 0.408. The Kier molecular flexibility index (Phi) is 5.76. The van der Waals surface area contributed by atoms with Gasteiger partial charge in [0.2, 0.25) is 17.8 Å². The van der Waals surface area contributed by atoms with Crippen molar-refractivity contribution in [3.63, 3.8) is 0 Å². The maximum absolute atomic E-state index is 12.0. The molecule has 0 spiro atoms. The number of hydrogen-bond acceptors (Lipinski definition) is 9. The fraction of sp³-hybridized carbons (Fsp3) is 0.400. The van der Waals surface area contributed by atoms with Gasteiger partial charge in [0.05, 0.1) is 12.6 Å². The molecule has 1 saturated carbocycles. The number of aromatic nitrogens is 4. The number of likely N-dealkylation sites (N-methyl/N-ethyl adjacent to an activating group) is 1. The van der Waals surface area contributed by atoms with Crippen molar-refractivity contribution in [1.82, 2.24) is 29.8 Å². The monoisotopic (exact) mass is 487 g/mol. The molecule has 0 unspecified atom stereocenters. The van der Waals surface area contributed by atoms with Crippen LogP contribution in [0.1, 0.15) is 30.4 Å². The number of nitrogens with one attached hydrogen (secondary N) is 3. The molecule has 2 amide bonds. The minimum atomic E-state index is -0.372. The van der Waals surface area contributed by atoms with Crippen LogP contribution in [0.2, 0.25) is 0 Å². The predicted molar refractivity (Wildman–Crippen MR) is 137 cm³/mol. The number of carbonyl (C=O) groups is 2. The Morgan fingerprint density at radius 3 is 2.56 bits per heavy atom. The Labute approximate surface area is 208 Å². The highest BCUT2D eigenvalue weighted by atomic mass is 16.2. The van der Waals surface area contributed by atoms with Gasteiger partial charge in [0.25, 0.3) is 5.91 Å². The van der Waals surface area contributed by atoms with Gasteiger partial charge in [-0.25, -0.2) is 0 Å². The topological polar surface area (TPSA) is 120 Å². The SMILES string of the molecule is CN1CCN(c2ccc(CNc3nc(NC4CC4)n4ncc(/C=C5\CC(=O)NC5=O)c4n3)cc2)CC1. The third kappa shape index (κ3) is 4.74. The van der Waals surface area contributed by atoms with Crippen molar-refractivity contribution in [3.8, 4) is 0 Å². The molecule has 3 aliphatic rings. The standard InChI is InChI=1S/C25H29N9O2/c1-32-8-10-33(11-9-32)20-6-2-16(3-7-20)14-26-24-30-22-18(12-17-13-21(35)29-23(17)36)15-27-34(22)25(31-24)28-19-4-5-19/h2-3,6-7,12,15,19H,4-5,8-11,13-14H2,1H3,(H,29,35,36)(H2,26,28,30,31)/b17-12+. The van der Waals surface area contributed by atoms with Crippen LogP contribution >= 0.6 is 0 Å². The quantitative estimate of drug-likeness (QED) is 0.336. The first-order valence-electron chi connectivity index (χ1n) is 12.4. The molecule has 3 aromatic rings. The molecule has 3 N–H and O–H groups in total. The Balaban J connectivity index is 1.22. The van der Waals surface area contributed by atoms with Crippen molar-refractivity contribution in [2.24, 2.45) is 0 Å². The first kappa shape index (κ1) is 22.5. The van der Waals surface area contributed by atoms with Crippen LogP contribution in [0, 0.1) is 0 Å². The van der Waals surface area contributed by atoms with E-state index in [4.69, 9.17) is 0 Å². The number of anilines is 3. The normalized spacial score (nSPS) is 19.8. The van der Waals surface area contributed by atoms with Crippen LogP contribution < -0.4 is 20.9 Å². The molecule has 0 bridgehead atoms. The lowest BCUT2D eigenvalue weighted by molar-refractivity contribution is -0.124. The van der Waals surface area contributed by atoms with E-state index in [0.717, 1.165) is 44.6 Å². The molecule has 3 fully saturated rings. The van der Waals surface area contributed by atoms with Crippen molar-refractivity contribution < 1.29 is 9.59 Å². The molecule has 0 atom stereocenters. The highest BCUT2D eigenvalue weighted by molar-refractivity contribution is 6.15. The smallest absolute Gasteiger partial charge is 0.254 e. The van der Waals surface area contributed by atoms with Gasteiger partial charge in [-0.05, 0) is 43.7 Å². The first-order valence-corrected chi connectivity index (χ1v) is 12.4. The van der Waals surface area contributed by atoms with E-state index < -0.39 is 0 Å². The van der Waals surface area contributed by atoms with Crippen molar-refractivity contribution in [2.75, 3.05) is 48.8 Å². The van der Waals surface area contributed by atoms with Gasteiger partial charge < -0.3 is 20.4 Å². The lowest BCUT2D eigenvalue weighted by Gasteiger charge is -2.34. The Bertz CT molecular complexity index is 1340. The first-order chi connectivity index (χ1) is 17.5. The maximum atomic E-state index is 12.0. The van der Waals surface area contributed by atoms with Crippen LogP contribution in [-0.2, 0) is 16.1 Å². The number of amides is 2. The third-order valence-electron chi connectivity index (χ3n) is 6.79. The summed E-state index contributed by atoms with van der Waals surface area (Å²) in [5, 5.41) is 13.5. The van der Waals surface area contributed by atoms with Gasteiger partial charge in [-0.2, -0.15) is 19.6 Å². The van der Waals surface area contributed by atoms with Gasteiger partial charge >= 0.3 is 0 Å². The Morgan fingerprint density at radius 1 is 1.08 bits per heavy atom. The summed E-state index contributed by atoms with van der Waals surface area (Å²) in [6.07, 6.45) is 5.57. The van der Waals surface area contributed by atoms with E-state index in [1.807, 2.05) is 0 Å². The number of rotatable bonds is 7. The molecule has 1 aromatic carbocycles. The minimum Gasteiger partial charge on any atom is -0.369 e. The van der Waals surface area contributed by atoms with E-state index >= 15 is 0 Å². The summed E-state index contributed by atoms with van der Waals surface area (Å²) in [6, 6.07) is 8.98. The van der Waals surface area contributed by atoms with Crippen LogP contribution in [-0.4, -0.2) is 75.6 Å². The lowest BCUT2D eigenvalue weighted by Crippen LogP contribution is -2.44. The van der Waals surface area contributed by atoms with E-state index in [1.54, 1.807) is 16.8 Å². The van der Waals surface area contributed by atoms with Gasteiger partial charge in [0.15, 0.2) is 5.65 Å². The average Bonchev–Trinajstić information content (AvgIpc) is 3.51. The summed E-state index contributed by atoms with van der Waals surface area (Å²) in [5.41, 5.74) is 4.01. The van der Waals surface area contributed by atoms with Crippen molar-refractivity contribution in [2.45, 2.75) is 31.8 Å². The summed E-state index contributed by atoms with van der Waals surface area (Å²) in [4.78, 5) is 37.8. The summed E-state index contributed by atoms with van der Waals surface area (Å²) >= 11 is 0. The number of hydrogen-bond donors (Lipinski definition) is 3. The highest BCUT2D eigenvalue weighted by Gasteiger charge is 2.26. The Hall–Kier alpha value is -3.99. The largest absolute Gasteiger partial charge is 0.369 e. The van der Waals surface area contributed by atoms with Crippen LogP contribution in [0.5, 0.6) is 0 Å². The number of imide groups is 1. The molecule has 11 heteroatoms. The third-order valence-corrected chi connectivity index (χ3v) is 6.79. The molecule has 4 heterocycles. The second kappa shape index (κ2) is 9.23. The van der Waals surface area contributed by atoms with E-state index in [9.17, 15) is 9.59 Å². The zero-order valence-corrected chi connectivity index (χ0v) is 20.2. The fourth-order valence-electron chi connectivity index (χ4n) is 4.46. The fourth-order valence-corrected chi connectivity index (χ4v) is 4.46. The second-order valence-electron chi connectivity index (χ2n) is 9.66. The summed E-state index contributed by atoms with van der Waals surface area (Å²) in [6.45, 7) is 4.81. The van der Waals surface area contributed by atoms with E-state index in [2.05, 4.69) is 72.1 Å². The predicted octanol–water partition coefficient (Wildman–Crippen LogP) is 1.49. The van der Waals surface area contributed by atoms with Gasteiger partial charge in [-0.3, -0.25) is 14.9 Å². The molecule has 2 aliphatic heterocycles. The van der Waals surface area contributed by atoms with Crippen molar-refractivity contribution >= 4 is 41.1 Å². The zero-order valence-electron chi connectivity index (χ0n) is 20.2. The number of nitrogens with zero attached hydrogens (tertiary/aromatic N) is 6. The molecule has 36 heavy (non-hydrogen) atoms. The maximum Gasteiger partial charge on any atom is 0.254 e. The van der Waals surface area contributed by atoms with Crippen molar-refractivity contribution in [1.29, 1.82) is 0 Å². The van der Waals surface area contributed by atoms with Gasteiger partial charge in [-0.15, -0.1) is 0 Å². The van der Waals surface area contributed by atoms with E-state index in [-0.39, 0.29) is 18.2 Å². The Morgan fingerprint density at radius 2 is 1.86 bits per heavy atom. The summed E-state index contributed by atoms with van der Waals surface area (Å²) in [7, 11) is 2.16. The lowest BCUT2D eigenvalue weighted by atomic mass is 10.1. The molecular formula is C25H29N9O2. The zero-order chi connectivity index (χ0) is 24.6. The molecule has 2 saturated heterocycles. The molecule has 1 aliphatic carbocycles. The number of benzene rings is 1. The summed E-state index contributed by atoms with van der Waals surface area (Å²) < 4.78 is 1.65. The number of carbonyl (C=O) groups excluding carboxylic acids is 2. The van der Waals surface area contributed by atoms with Gasteiger partial charge in [0.1, 0.15) is 0 Å². The van der Waals surface area contributed by atoms with Crippen molar-refractivity contribution in [3.05, 3.63) is 47.2 Å². The highest BCUT2D eigenvalue weighted by Crippen LogP contribution is 2.26. The van der Waals surface area contributed by atoms with E-state index in [1.165, 1.54) is 5.69 Å². The molecule has 2 aromatic heterocycles. The van der Waals surface area contributed by atoms with Gasteiger partial charge in [-0.1, -0.05) is 12.1 Å².